The van der Waals surface area contributed by atoms with Crippen molar-refractivity contribution in [1.29, 1.82) is 0 Å². The van der Waals surface area contributed by atoms with Crippen molar-refractivity contribution in [3.8, 4) is 45.4 Å². The Bertz CT molecular complexity index is 1900. The van der Waals surface area contributed by atoms with Crippen molar-refractivity contribution in [1.82, 2.24) is 35.9 Å². The summed E-state index contributed by atoms with van der Waals surface area (Å²) in [6.07, 6.45) is 4.97. The predicted molar refractivity (Wildman–Crippen MR) is 184 cm³/mol. The Morgan fingerprint density at radius 3 is 1.88 bits per heavy atom. The Balaban J connectivity index is 1.34. The number of carbonyl (C=O) groups excluding carboxylic acids is 1. The number of sulfonamides is 1. The van der Waals surface area contributed by atoms with Crippen molar-refractivity contribution in [3.63, 3.8) is 0 Å². The molecule has 48 heavy (non-hydrogen) atoms. The number of methoxy groups -OCH3 is 2. The Labute approximate surface area is 289 Å². The third-order valence-corrected chi connectivity index (χ3v) is 9.36. The summed E-state index contributed by atoms with van der Waals surface area (Å²) in [7, 11) is -0.474. The molecular weight excluding hydrogens is 679 g/mol. The fourth-order valence-electron chi connectivity index (χ4n) is 5.30. The lowest BCUT2D eigenvalue weighted by Gasteiger charge is -2.15. The van der Waals surface area contributed by atoms with Gasteiger partial charge in [0.15, 0.2) is 0 Å². The molecule has 0 aliphatic carbocycles. The van der Waals surface area contributed by atoms with E-state index in [0.717, 1.165) is 6.42 Å². The number of nitrogens with two attached hydrogens (primary N) is 1. The van der Waals surface area contributed by atoms with E-state index in [9.17, 15) is 13.2 Å². The summed E-state index contributed by atoms with van der Waals surface area (Å²) >= 11 is 14.0. The molecule has 0 bridgehead atoms. The molecule has 3 heterocycles. The summed E-state index contributed by atoms with van der Waals surface area (Å²) in [5.41, 5.74) is 4.87. The summed E-state index contributed by atoms with van der Waals surface area (Å²) < 4.78 is 33.4. The summed E-state index contributed by atoms with van der Waals surface area (Å²) in [5.74, 6) is 0.636. The fourth-order valence-corrected chi connectivity index (χ4v) is 6.50. The molecule has 5 N–H and O–H groups in total. The van der Waals surface area contributed by atoms with Gasteiger partial charge in [-0.25, -0.2) is 23.5 Å². The smallest absolute Gasteiger partial charge is 0.237 e. The lowest BCUT2D eigenvalue weighted by molar-refractivity contribution is -0.119. The van der Waals surface area contributed by atoms with Crippen molar-refractivity contribution in [3.05, 3.63) is 70.2 Å². The van der Waals surface area contributed by atoms with Crippen LogP contribution in [-0.2, 0) is 27.9 Å². The number of aromatic nitrogens is 4. The van der Waals surface area contributed by atoms with E-state index in [4.69, 9.17) is 42.8 Å². The van der Waals surface area contributed by atoms with Gasteiger partial charge in [0, 0.05) is 54.4 Å². The molecule has 2 aromatic heterocycles. The summed E-state index contributed by atoms with van der Waals surface area (Å²) in [6, 6.07) is 11.3. The lowest BCUT2D eigenvalue weighted by Crippen LogP contribution is -2.35. The Kier molecular flexibility index (Phi) is 11.8. The number of benzene rings is 2. The highest BCUT2D eigenvalue weighted by atomic mass is 35.5. The first-order chi connectivity index (χ1) is 23.1. The second-order valence-corrected chi connectivity index (χ2v) is 13.6. The molecule has 1 atom stereocenters. The number of carbonyl (C=O) groups is 1. The number of amides is 1. The first-order valence-electron chi connectivity index (χ1n) is 15.2. The maximum absolute atomic E-state index is 11.5. The van der Waals surface area contributed by atoms with E-state index < -0.39 is 10.0 Å². The zero-order chi connectivity index (χ0) is 34.3. The van der Waals surface area contributed by atoms with Gasteiger partial charge in [-0.2, -0.15) is 0 Å². The van der Waals surface area contributed by atoms with Gasteiger partial charge in [-0.15, -0.1) is 0 Å². The van der Waals surface area contributed by atoms with Crippen LogP contribution in [0.4, 0.5) is 0 Å². The predicted octanol–water partition coefficient (Wildman–Crippen LogP) is 3.73. The number of rotatable bonds is 15. The third kappa shape index (κ3) is 8.75. The fraction of sp³-hybridized carbons (Fsp3) is 0.344. The molecule has 254 valence electrons. The summed E-state index contributed by atoms with van der Waals surface area (Å²) in [6.45, 7) is 1.80. The van der Waals surface area contributed by atoms with E-state index in [1.807, 2.05) is 36.4 Å². The highest BCUT2D eigenvalue weighted by Crippen LogP contribution is 2.42. The Morgan fingerprint density at radius 2 is 1.40 bits per heavy atom. The molecule has 13 nitrogen and oxygen atoms in total. The first kappa shape index (κ1) is 35.4. The second-order valence-electron chi connectivity index (χ2n) is 11.1. The third-order valence-electron chi connectivity index (χ3n) is 7.69. The largest absolute Gasteiger partial charge is 0.480 e. The molecule has 1 saturated heterocycles. The second kappa shape index (κ2) is 16.0. The summed E-state index contributed by atoms with van der Waals surface area (Å²) in [4.78, 5) is 29.9. The monoisotopic (exact) mass is 714 g/mol. The minimum absolute atomic E-state index is 0.0712. The minimum Gasteiger partial charge on any atom is -0.480 e. The number of hydrogen-bond donors (Lipinski definition) is 4. The molecule has 2 aromatic carbocycles. The van der Waals surface area contributed by atoms with E-state index in [1.54, 1.807) is 12.4 Å². The molecule has 16 heteroatoms. The molecule has 0 saturated carbocycles. The van der Waals surface area contributed by atoms with Gasteiger partial charge in [0.25, 0.3) is 0 Å². The van der Waals surface area contributed by atoms with Gasteiger partial charge in [-0.05, 0) is 19.4 Å². The van der Waals surface area contributed by atoms with Gasteiger partial charge in [0.05, 0.1) is 53.8 Å². The molecule has 1 fully saturated rings. The van der Waals surface area contributed by atoms with E-state index in [2.05, 4.69) is 30.9 Å². The maximum Gasteiger partial charge on any atom is 0.237 e. The Hall–Kier alpha value is -3.92. The molecule has 1 aliphatic heterocycles. The van der Waals surface area contributed by atoms with Crippen molar-refractivity contribution in [2.75, 3.05) is 33.1 Å². The average molecular weight is 716 g/mol. The maximum atomic E-state index is 11.5. The zero-order valence-corrected chi connectivity index (χ0v) is 28.8. The number of primary sulfonamides is 1. The van der Waals surface area contributed by atoms with Gasteiger partial charge in [0.2, 0.25) is 27.7 Å². The van der Waals surface area contributed by atoms with Crippen LogP contribution < -0.4 is 30.6 Å². The number of hydrogen-bond acceptors (Lipinski definition) is 11. The van der Waals surface area contributed by atoms with Crippen LogP contribution in [-0.4, -0.2) is 73.4 Å². The van der Waals surface area contributed by atoms with E-state index >= 15 is 0 Å². The van der Waals surface area contributed by atoms with E-state index in [-0.39, 0.29) is 17.7 Å². The quantitative estimate of drug-likeness (QED) is 0.132. The summed E-state index contributed by atoms with van der Waals surface area (Å²) in [5, 5.41) is 15.3. The number of ether oxygens (including phenoxy) is 2. The SMILES string of the molecule is COc1nc(-c2cccc(-c3cccc(-c4cnc(CNC[C@@H]5CCC(=O)N5)c(OC)n4)c3Cl)c2Cl)cnc1CNCCCS(N)(=O)=O. The van der Waals surface area contributed by atoms with Crippen LogP contribution in [0.25, 0.3) is 33.6 Å². The molecule has 0 unspecified atom stereocenters. The molecule has 0 radical (unpaired) electrons. The standard InChI is InChI=1S/C32H36Cl2N8O5S/c1-46-31-26(15-36-12-5-13-48(35,44)45)38-17-24(41-31)22-8-3-6-20(29(22)33)21-7-4-9-23(30(21)34)25-18-39-27(32(42-25)47-2)16-37-14-19-10-11-28(43)40-19/h3-4,6-9,17-19,36-37H,5,10-16H2,1-2H3,(H,40,43)(H2,35,44,45)/t19-/m0/s1. The Morgan fingerprint density at radius 1 is 0.875 bits per heavy atom. The van der Waals surface area contributed by atoms with E-state index in [0.29, 0.717) is 106 Å². The van der Waals surface area contributed by atoms with Crippen LogP contribution >= 0.6 is 23.2 Å². The molecule has 4 aromatic rings. The topological polar surface area (TPSA) is 183 Å². The number of halogens is 2. The minimum atomic E-state index is -3.51. The van der Waals surface area contributed by atoms with Crippen molar-refractivity contribution >= 4 is 39.1 Å². The van der Waals surface area contributed by atoms with Crippen molar-refractivity contribution < 1.29 is 22.7 Å². The van der Waals surface area contributed by atoms with Gasteiger partial charge < -0.3 is 25.4 Å². The van der Waals surface area contributed by atoms with E-state index in [1.165, 1.54) is 14.2 Å². The van der Waals surface area contributed by atoms with Crippen LogP contribution in [0.15, 0.2) is 48.8 Å². The molecule has 1 amide bonds. The van der Waals surface area contributed by atoms with Gasteiger partial charge in [-0.3, -0.25) is 14.8 Å². The van der Waals surface area contributed by atoms with Crippen LogP contribution in [0.2, 0.25) is 10.0 Å². The zero-order valence-electron chi connectivity index (χ0n) is 26.4. The average Bonchev–Trinajstić information content (AvgIpc) is 3.49. The van der Waals surface area contributed by atoms with Gasteiger partial charge in [-0.1, -0.05) is 59.6 Å². The molecular formula is C32H36Cl2N8O5S. The van der Waals surface area contributed by atoms with Crippen LogP contribution in [0.5, 0.6) is 11.8 Å². The van der Waals surface area contributed by atoms with Crippen LogP contribution in [0.1, 0.15) is 30.7 Å². The normalized spacial score (nSPS) is 14.6. The highest BCUT2D eigenvalue weighted by molar-refractivity contribution is 7.89. The molecule has 5 rings (SSSR count). The first-order valence-corrected chi connectivity index (χ1v) is 17.6. The number of nitrogens with one attached hydrogen (secondary N) is 3. The molecule has 0 spiro atoms. The lowest BCUT2D eigenvalue weighted by atomic mass is 9.98. The van der Waals surface area contributed by atoms with Crippen LogP contribution in [0.3, 0.4) is 0 Å². The van der Waals surface area contributed by atoms with Crippen molar-refractivity contribution in [2.45, 2.75) is 38.4 Å². The van der Waals surface area contributed by atoms with Gasteiger partial charge >= 0.3 is 0 Å². The van der Waals surface area contributed by atoms with Crippen molar-refractivity contribution in [2.24, 2.45) is 5.14 Å². The van der Waals surface area contributed by atoms with Gasteiger partial charge in [0.1, 0.15) is 11.4 Å². The number of nitrogens with zero attached hydrogens (tertiary/aromatic N) is 4. The molecule has 1 aliphatic rings. The highest BCUT2D eigenvalue weighted by Gasteiger charge is 2.21. The van der Waals surface area contributed by atoms with Crippen LogP contribution in [0, 0.1) is 0 Å².